The fourth-order valence-corrected chi connectivity index (χ4v) is 2.14. The fraction of sp³-hybridized carbons (Fsp3) is 0.833. The molecule has 1 aliphatic carbocycles. The molecule has 3 atom stereocenters. The second kappa shape index (κ2) is 5.29. The normalized spacial score (nSPS) is 33.6. The van der Waals surface area contributed by atoms with Crippen molar-refractivity contribution in [3.8, 4) is 11.8 Å². The van der Waals surface area contributed by atoms with Crippen LogP contribution in [0.2, 0.25) is 0 Å². The minimum absolute atomic E-state index is 0.699. The van der Waals surface area contributed by atoms with Gasteiger partial charge in [-0.3, -0.25) is 0 Å². The molecule has 3 unspecified atom stereocenters. The maximum absolute atomic E-state index is 3.53. The van der Waals surface area contributed by atoms with Gasteiger partial charge in [-0.2, -0.15) is 0 Å². The lowest BCUT2D eigenvalue weighted by molar-refractivity contribution is 0.212. The van der Waals surface area contributed by atoms with E-state index in [2.05, 4.69) is 31.0 Å². The highest BCUT2D eigenvalue weighted by Crippen LogP contribution is 2.29. The van der Waals surface area contributed by atoms with E-state index in [1.54, 1.807) is 0 Å². The second-order valence-corrected chi connectivity index (χ2v) is 4.18. The smallest absolute Gasteiger partial charge is 0.0578 e. The van der Waals surface area contributed by atoms with E-state index < -0.39 is 0 Å². The zero-order chi connectivity index (χ0) is 9.68. The van der Waals surface area contributed by atoms with E-state index in [9.17, 15) is 0 Å². The van der Waals surface area contributed by atoms with Crippen LogP contribution in [0, 0.1) is 23.7 Å². The molecular weight excluding hydrogens is 158 g/mol. The number of hydrogen-bond donors (Lipinski definition) is 1. The summed E-state index contributed by atoms with van der Waals surface area (Å²) in [7, 11) is 0. The van der Waals surface area contributed by atoms with Gasteiger partial charge < -0.3 is 5.32 Å². The van der Waals surface area contributed by atoms with Crippen LogP contribution in [-0.4, -0.2) is 12.6 Å². The molecule has 1 heteroatoms. The first-order valence-corrected chi connectivity index (χ1v) is 5.38. The molecule has 0 radical (unpaired) electrons. The lowest BCUT2D eigenvalue weighted by Crippen LogP contribution is -2.40. The Labute approximate surface area is 82.3 Å². The van der Waals surface area contributed by atoms with Gasteiger partial charge in [-0.15, -0.1) is 5.92 Å². The van der Waals surface area contributed by atoms with Gasteiger partial charge in [-0.25, -0.2) is 0 Å². The van der Waals surface area contributed by atoms with Crippen LogP contribution in [0.3, 0.4) is 0 Å². The highest BCUT2D eigenvalue weighted by atomic mass is 14.9. The van der Waals surface area contributed by atoms with Crippen LogP contribution < -0.4 is 5.32 Å². The summed E-state index contributed by atoms with van der Waals surface area (Å²) >= 11 is 0. The van der Waals surface area contributed by atoms with Crippen LogP contribution in [-0.2, 0) is 0 Å². The quantitative estimate of drug-likeness (QED) is 0.642. The van der Waals surface area contributed by atoms with Crippen molar-refractivity contribution >= 4 is 0 Å². The van der Waals surface area contributed by atoms with Crippen molar-refractivity contribution < 1.29 is 0 Å². The third-order valence-corrected chi connectivity index (χ3v) is 3.34. The molecule has 1 N–H and O–H groups in total. The molecule has 0 amide bonds. The number of hydrogen-bond acceptors (Lipinski definition) is 1. The van der Waals surface area contributed by atoms with Gasteiger partial charge in [0.1, 0.15) is 0 Å². The summed E-state index contributed by atoms with van der Waals surface area (Å²) in [5.74, 6) is 7.68. The van der Waals surface area contributed by atoms with Crippen molar-refractivity contribution in [2.24, 2.45) is 11.8 Å². The molecule has 0 aromatic heterocycles. The summed E-state index contributed by atoms with van der Waals surface area (Å²) in [6.07, 6.45) is 4.11. The number of rotatable bonds is 2. The molecule has 1 nitrogen and oxygen atoms in total. The van der Waals surface area contributed by atoms with Crippen LogP contribution in [0.1, 0.15) is 40.0 Å². The van der Waals surface area contributed by atoms with Gasteiger partial charge in [-0.05, 0) is 25.2 Å². The Morgan fingerprint density at radius 2 is 2.08 bits per heavy atom. The third-order valence-electron chi connectivity index (χ3n) is 3.34. The minimum atomic E-state index is 0.699. The second-order valence-electron chi connectivity index (χ2n) is 4.18. The zero-order valence-corrected chi connectivity index (χ0v) is 9.06. The Morgan fingerprint density at radius 1 is 1.31 bits per heavy atom. The largest absolute Gasteiger partial charge is 0.303 e. The van der Waals surface area contributed by atoms with E-state index in [0.29, 0.717) is 6.04 Å². The average molecular weight is 179 g/mol. The van der Waals surface area contributed by atoms with Crippen LogP contribution >= 0.6 is 0 Å². The first kappa shape index (κ1) is 10.6. The minimum Gasteiger partial charge on any atom is -0.303 e. The molecule has 0 heterocycles. The Balaban J connectivity index is 2.33. The van der Waals surface area contributed by atoms with Gasteiger partial charge in [0.05, 0.1) is 6.54 Å². The SMILES string of the molecule is CC#CCNC1CCCC(C)C1C. The molecule has 0 spiro atoms. The van der Waals surface area contributed by atoms with E-state index in [1.165, 1.54) is 19.3 Å². The van der Waals surface area contributed by atoms with E-state index in [0.717, 1.165) is 18.4 Å². The first-order chi connectivity index (χ1) is 6.25. The lowest BCUT2D eigenvalue weighted by Gasteiger charge is -2.34. The predicted molar refractivity (Wildman–Crippen MR) is 57.4 cm³/mol. The summed E-state index contributed by atoms with van der Waals surface area (Å²) in [6.45, 7) is 7.48. The molecule has 0 aromatic rings. The molecule has 13 heavy (non-hydrogen) atoms. The van der Waals surface area contributed by atoms with Gasteiger partial charge in [0.2, 0.25) is 0 Å². The van der Waals surface area contributed by atoms with Gasteiger partial charge in [0, 0.05) is 6.04 Å². The van der Waals surface area contributed by atoms with Crippen molar-refractivity contribution in [2.45, 2.75) is 46.1 Å². The van der Waals surface area contributed by atoms with Crippen LogP contribution in [0.4, 0.5) is 0 Å². The summed E-state index contributed by atoms with van der Waals surface area (Å²) in [5, 5.41) is 3.53. The summed E-state index contributed by atoms with van der Waals surface area (Å²) < 4.78 is 0. The standard InChI is InChI=1S/C12H21N/c1-4-5-9-13-12-8-6-7-10(2)11(12)3/h10-13H,6-9H2,1-3H3. The third kappa shape index (κ3) is 3.04. The van der Waals surface area contributed by atoms with Crippen molar-refractivity contribution in [3.63, 3.8) is 0 Å². The Hall–Kier alpha value is -0.480. The van der Waals surface area contributed by atoms with Gasteiger partial charge >= 0.3 is 0 Å². The summed E-state index contributed by atoms with van der Waals surface area (Å²) in [4.78, 5) is 0. The fourth-order valence-electron chi connectivity index (χ4n) is 2.14. The van der Waals surface area contributed by atoms with E-state index in [4.69, 9.17) is 0 Å². The van der Waals surface area contributed by atoms with Crippen molar-refractivity contribution in [1.29, 1.82) is 0 Å². The summed E-state index contributed by atoms with van der Waals surface area (Å²) in [6, 6.07) is 0.699. The van der Waals surface area contributed by atoms with Gasteiger partial charge in [0.15, 0.2) is 0 Å². The van der Waals surface area contributed by atoms with E-state index in [-0.39, 0.29) is 0 Å². The molecule has 1 aliphatic rings. The maximum atomic E-state index is 3.53. The van der Waals surface area contributed by atoms with E-state index >= 15 is 0 Å². The van der Waals surface area contributed by atoms with Gasteiger partial charge in [0.25, 0.3) is 0 Å². The Kier molecular flexibility index (Phi) is 4.32. The molecule has 74 valence electrons. The topological polar surface area (TPSA) is 12.0 Å². The van der Waals surface area contributed by atoms with Crippen molar-refractivity contribution in [1.82, 2.24) is 5.32 Å². The van der Waals surface area contributed by atoms with E-state index in [1.807, 2.05) is 6.92 Å². The molecule has 0 aromatic carbocycles. The van der Waals surface area contributed by atoms with Crippen molar-refractivity contribution in [2.75, 3.05) is 6.54 Å². The highest BCUT2D eigenvalue weighted by molar-refractivity contribution is 4.98. The maximum Gasteiger partial charge on any atom is 0.0578 e. The highest BCUT2D eigenvalue weighted by Gasteiger charge is 2.25. The molecule has 1 saturated carbocycles. The summed E-state index contributed by atoms with van der Waals surface area (Å²) in [5.41, 5.74) is 0. The van der Waals surface area contributed by atoms with Crippen LogP contribution in [0.5, 0.6) is 0 Å². The average Bonchev–Trinajstić information content (AvgIpc) is 2.13. The van der Waals surface area contributed by atoms with Crippen LogP contribution in [0.15, 0.2) is 0 Å². The lowest BCUT2D eigenvalue weighted by atomic mass is 9.78. The van der Waals surface area contributed by atoms with Crippen molar-refractivity contribution in [3.05, 3.63) is 0 Å². The molecule has 0 aliphatic heterocycles. The zero-order valence-electron chi connectivity index (χ0n) is 9.06. The first-order valence-electron chi connectivity index (χ1n) is 5.38. The molecule has 0 bridgehead atoms. The number of nitrogens with one attached hydrogen (secondary N) is 1. The predicted octanol–water partition coefficient (Wildman–Crippen LogP) is 2.42. The molecular formula is C12H21N. The van der Waals surface area contributed by atoms with Crippen LogP contribution in [0.25, 0.3) is 0 Å². The molecule has 1 fully saturated rings. The molecule has 1 rings (SSSR count). The monoisotopic (exact) mass is 179 g/mol. The molecule has 0 saturated heterocycles. The Morgan fingerprint density at radius 3 is 2.77 bits per heavy atom. The van der Waals surface area contributed by atoms with Gasteiger partial charge in [-0.1, -0.05) is 32.6 Å². The Bertz CT molecular complexity index is 199.